The van der Waals surface area contributed by atoms with E-state index in [0.717, 1.165) is 5.06 Å². The molecule has 7 heteroatoms. The smallest absolute Gasteiger partial charge is 0.323 e. The Labute approximate surface area is 78.3 Å². The number of hydrogen-bond acceptors (Lipinski definition) is 4. The van der Waals surface area contributed by atoms with Gasteiger partial charge in [0.05, 0.1) is 6.54 Å². The topological polar surface area (TPSA) is 98.4 Å². The Bertz CT molecular complexity index is 396. The largest absolute Gasteiger partial charge is 0.389 e. The van der Waals surface area contributed by atoms with Crippen LogP contribution in [0.2, 0.25) is 0 Å². The Morgan fingerprint density at radius 3 is 3.00 bits per heavy atom. The number of rotatable bonds is 1. The zero-order chi connectivity index (χ0) is 10.1. The monoisotopic (exact) mass is 199 g/mol. The molecule has 0 saturated carbocycles. The first-order valence-corrected chi connectivity index (χ1v) is 4.07. The molecule has 7 nitrogen and oxygen atoms in total. The maximum atomic E-state index is 11.5. The highest BCUT2D eigenvalue weighted by atomic mass is 16.7. The second kappa shape index (κ2) is 3.28. The molecule has 0 bridgehead atoms. The van der Waals surface area contributed by atoms with Gasteiger partial charge in [-0.05, 0) is 0 Å². The molecule has 0 spiro atoms. The second-order valence-electron chi connectivity index (χ2n) is 2.97. The van der Waals surface area contributed by atoms with Gasteiger partial charge in [-0.25, -0.2) is 9.86 Å². The molecule has 76 valence electrons. The van der Waals surface area contributed by atoms with Crippen LogP contribution in [0.3, 0.4) is 0 Å². The van der Waals surface area contributed by atoms with Crippen molar-refractivity contribution in [2.24, 2.45) is 0 Å². The number of hydroxylamine groups is 2. The number of aromatic amines is 2. The van der Waals surface area contributed by atoms with Crippen molar-refractivity contribution in [3.63, 3.8) is 0 Å². The van der Waals surface area contributed by atoms with Crippen molar-refractivity contribution in [3.05, 3.63) is 22.4 Å². The number of aliphatic hydroxyl groups excluding tert-OH is 1. The van der Waals surface area contributed by atoms with Crippen LogP contribution in [-0.2, 0) is 4.84 Å². The molecule has 3 N–H and O–H groups in total. The molecule has 14 heavy (non-hydrogen) atoms. The number of aromatic nitrogens is 2. The molecule has 1 aromatic heterocycles. The van der Waals surface area contributed by atoms with E-state index in [4.69, 9.17) is 9.94 Å². The lowest BCUT2D eigenvalue weighted by atomic mass is 10.4. The maximum Gasteiger partial charge on any atom is 0.323 e. The standard InChI is InChI=1S/C7H9N3O4/c11-4-2-10(14-3-4)6(12)5-1-8-7(13)9-5/h1,4,11H,2-3H2,(H2,8,9,13)/t4-/m0/s1. The summed E-state index contributed by atoms with van der Waals surface area (Å²) in [7, 11) is 0. The molecule has 0 unspecified atom stereocenters. The summed E-state index contributed by atoms with van der Waals surface area (Å²) < 4.78 is 0. The Balaban J connectivity index is 2.13. The van der Waals surface area contributed by atoms with Crippen molar-refractivity contribution in [2.75, 3.05) is 13.2 Å². The van der Waals surface area contributed by atoms with E-state index in [0.29, 0.717) is 0 Å². The van der Waals surface area contributed by atoms with E-state index in [-0.39, 0.29) is 18.8 Å². The molecule has 2 heterocycles. The summed E-state index contributed by atoms with van der Waals surface area (Å²) in [5.74, 6) is -0.472. The van der Waals surface area contributed by atoms with Crippen LogP contribution in [0, 0.1) is 0 Å². The molecule has 1 fully saturated rings. The number of aliphatic hydroxyl groups is 1. The Morgan fingerprint density at radius 1 is 1.71 bits per heavy atom. The number of imidazole rings is 1. The van der Waals surface area contributed by atoms with Gasteiger partial charge < -0.3 is 15.1 Å². The Morgan fingerprint density at radius 2 is 2.50 bits per heavy atom. The van der Waals surface area contributed by atoms with Gasteiger partial charge in [0.1, 0.15) is 18.4 Å². The van der Waals surface area contributed by atoms with E-state index in [9.17, 15) is 9.59 Å². The molecule has 0 radical (unpaired) electrons. The Hall–Kier alpha value is -1.60. The minimum atomic E-state index is -0.662. The Kier molecular flexibility index (Phi) is 2.10. The number of β-amino-alcohol motifs (C(OH)–C–C–N with tert-alkyl or cyclic N) is 1. The lowest BCUT2D eigenvalue weighted by Gasteiger charge is -2.11. The summed E-state index contributed by atoms with van der Waals surface area (Å²) >= 11 is 0. The first-order chi connectivity index (χ1) is 6.66. The third-order valence-corrected chi connectivity index (χ3v) is 1.85. The molecular formula is C7H9N3O4. The normalized spacial score (nSPS) is 21.5. The zero-order valence-corrected chi connectivity index (χ0v) is 7.19. The highest BCUT2D eigenvalue weighted by Crippen LogP contribution is 2.08. The molecule has 1 atom stereocenters. The minimum absolute atomic E-state index is 0.0976. The van der Waals surface area contributed by atoms with Gasteiger partial charge in [-0.15, -0.1) is 0 Å². The molecule has 1 saturated heterocycles. The van der Waals surface area contributed by atoms with Crippen LogP contribution >= 0.6 is 0 Å². The van der Waals surface area contributed by atoms with Crippen molar-refractivity contribution in [1.82, 2.24) is 15.0 Å². The quantitative estimate of drug-likeness (QED) is 0.510. The predicted molar refractivity (Wildman–Crippen MR) is 44.4 cm³/mol. The summed E-state index contributed by atoms with van der Waals surface area (Å²) in [5.41, 5.74) is -0.336. The van der Waals surface area contributed by atoms with E-state index < -0.39 is 17.7 Å². The van der Waals surface area contributed by atoms with E-state index in [1.54, 1.807) is 0 Å². The fourth-order valence-corrected chi connectivity index (χ4v) is 1.20. The summed E-state index contributed by atoms with van der Waals surface area (Å²) in [6.07, 6.45) is 0.600. The van der Waals surface area contributed by atoms with E-state index in [1.807, 2.05) is 0 Å². The van der Waals surface area contributed by atoms with Crippen LogP contribution in [-0.4, -0.2) is 45.3 Å². The molecule has 1 aliphatic heterocycles. The van der Waals surface area contributed by atoms with E-state index >= 15 is 0 Å². The van der Waals surface area contributed by atoms with Crippen molar-refractivity contribution >= 4 is 5.91 Å². The summed E-state index contributed by atoms with van der Waals surface area (Å²) in [4.78, 5) is 31.7. The number of nitrogens with zero attached hydrogens (tertiary/aromatic N) is 1. The number of hydrogen-bond donors (Lipinski definition) is 3. The van der Waals surface area contributed by atoms with Gasteiger partial charge >= 0.3 is 5.69 Å². The molecule has 2 rings (SSSR count). The maximum absolute atomic E-state index is 11.5. The van der Waals surface area contributed by atoms with Crippen LogP contribution in [0.5, 0.6) is 0 Å². The minimum Gasteiger partial charge on any atom is -0.389 e. The summed E-state index contributed by atoms with van der Waals surface area (Å²) in [6.45, 7) is 0.215. The lowest BCUT2D eigenvalue weighted by Crippen LogP contribution is -2.29. The zero-order valence-electron chi connectivity index (χ0n) is 7.19. The molecule has 1 amide bonds. The molecule has 0 aliphatic carbocycles. The van der Waals surface area contributed by atoms with Gasteiger partial charge in [0.25, 0.3) is 5.91 Å². The average molecular weight is 199 g/mol. The lowest BCUT2D eigenvalue weighted by molar-refractivity contribution is -0.0782. The summed E-state index contributed by atoms with van der Waals surface area (Å²) in [6, 6.07) is 0. The number of nitrogens with one attached hydrogen (secondary N) is 2. The predicted octanol–water partition coefficient (Wildman–Crippen LogP) is -1.55. The first kappa shape index (κ1) is 8.97. The van der Waals surface area contributed by atoms with Gasteiger partial charge in [0, 0.05) is 6.20 Å². The fraction of sp³-hybridized carbons (Fsp3) is 0.429. The van der Waals surface area contributed by atoms with Crippen molar-refractivity contribution in [2.45, 2.75) is 6.10 Å². The number of amides is 1. The van der Waals surface area contributed by atoms with E-state index in [2.05, 4.69) is 9.97 Å². The van der Waals surface area contributed by atoms with Gasteiger partial charge in [-0.3, -0.25) is 9.63 Å². The number of carbonyl (C=O) groups excluding carboxylic acids is 1. The van der Waals surface area contributed by atoms with Crippen molar-refractivity contribution in [3.8, 4) is 0 Å². The average Bonchev–Trinajstić information content (AvgIpc) is 2.73. The van der Waals surface area contributed by atoms with Crippen molar-refractivity contribution in [1.29, 1.82) is 0 Å². The molecule has 0 aromatic carbocycles. The van der Waals surface area contributed by atoms with Gasteiger partial charge in [0.2, 0.25) is 0 Å². The molecular weight excluding hydrogens is 190 g/mol. The van der Waals surface area contributed by atoms with Crippen molar-refractivity contribution < 1.29 is 14.7 Å². The first-order valence-electron chi connectivity index (χ1n) is 4.07. The number of H-pyrrole nitrogens is 2. The molecule has 1 aliphatic rings. The second-order valence-corrected chi connectivity index (χ2v) is 2.97. The number of carbonyl (C=O) groups is 1. The highest BCUT2D eigenvalue weighted by Gasteiger charge is 2.27. The SMILES string of the molecule is O=C(c1c[nH]c(=O)[nH]1)N1C[C@H](O)CO1. The summed E-state index contributed by atoms with van der Waals surface area (Å²) in [5, 5.41) is 10.1. The van der Waals surface area contributed by atoms with Gasteiger partial charge in [-0.1, -0.05) is 0 Å². The van der Waals surface area contributed by atoms with Gasteiger partial charge in [0.15, 0.2) is 0 Å². The highest BCUT2D eigenvalue weighted by molar-refractivity contribution is 5.91. The van der Waals surface area contributed by atoms with Crippen LogP contribution in [0.4, 0.5) is 0 Å². The van der Waals surface area contributed by atoms with Crippen LogP contribution in [0.1, 0.15) is 10.5 Å². The van der Waals surface area contributed by atoms with Crippen LogP contribution in [0.15, 0.2) is 11.0 Å². The van der Waals surface area contributed by atoms with E-state index in [1.165, 1.54) is 6.20 Å². The third-order valence-electron chi connectivity index (χ3n) is 1.85. The van der Waals surface area contributed by atoms with Crippen LogP contribution < -0.4 is 5.69 Å². The van der Waals surface area contributed by atoms with Gasteiger partial charge in [-0.2, -0.15) is 0 Å². The third kappa shape index (κ3) is 1.54. The molecule has 1 aromatic rings. The fourth-order valence-electron chi connectivity index (χ4n) is 1.20. The van der Waals surface area contributed by atoms with Crippen LogP contribution in [0.25, 0.3) is 0 Å².